The zero-order valence-corrected chi connectivity index (χ0v) is 50.7. The lowest BCUT2D eigenvalue weighted by molar-refractivity contribution is -0.378. The standard InChI is InChI=1S/C59H94O30/c1-54(2)13-14-59(23(15-54)22-7-8-29-55(3)11-10-32(86-47-41(73)33(65)24(63)20-80-47)58(6,52(77)78)30(55)9-12-56(29,4)57(22,5)16-31(59)64)53(79)89-50-44(76)45(87-48-42(74)38(70)34(66)25(17-60)82-48)37(69)28(85-50)21-81-51-46(40(72)36(68)27(19-62)84-51)88-49-43(75)39(71)35(67)26(18-61)83-49/h7,23-51,60-76H,8-21H2,1-6H3,(H,77,78)/t23-,24+,25+,26+,27+,28+,29+,30+,31+,32-,33-,34+,35+,36+,37+,38-,39-,40-,41+,42+,43+,44+,45-,46+,47-,48-,49-,50-,51+,55+,56+,57+,58-,59+/m0/s1. The van der Waals surface area contributed by atoms with Gasteiger partial charge in [-0.25, -0.2) is 0 Å². The van der Waals surface area contributed by atoms with Crippen molar-refractivity contribution in [3.8, 4) is 0 Å². The quantitative estimate of drug-likeness (QED) is 0.0413. The number of fused-ring (bicyclic) bond motifs is 7. The monoisotopic (exact) mass is 1280 g/mol. The third kappa shape index (κ3) is 11.5. The van der Waals surface area contributed by atoms with Gasteiger partial charge in [0.05, 0.1) is 50.7 Å². The van der Waals surface area contributed by atoms with E-state index in [0.29, 0.717) is 38.5 Å². The van der Waals surface area contributed by atoms with Crippen molar-refractivity contribution in [1.82, 2.24) is 0 Å². The van der Waals surface area contributed by atoms with Crippen molar-refractivity contribution >= 4 is 11.9 Å². The number of aliphatic carboxylic acids is 1. The fourth-order valence-electron chi connectivity index (χ4n) is 17.6. The molecule has 10 aliphatic rings. The van der Waals surface area contributed by atoms with Gasteiger partial charge in [0, 0.05) is 0 Å². The lowest BCUT2D eigenvalue weighted by Gasteiger charge is -2.71. The van der Waals surface area contributed by atoms with E-state index in [-0.39, 0.29) is 31.8 Å². The third-order valence-electron chi connectivity index (χ3n) is 23.3. The summed E-state index contributed by atoms with van der Waals surface area (Å²) in [6.45, 7) is 8.18. The largest absolute Gasteiger partial charge is 0.481 e. The second kappa shape index (κ2) is 25.7. The molecule has 5 aliphatic carbocycles. The molecule has 9 fully saturated rings. The number of aliphatic hydroxyl groups excluding tert-OH is 17. The number of hydrogen-bond donors (Lipinski definition) is 18. The van der Waals surface area contributed by atoms with E-state index < -0.39 is 242 Å². The molecule has 0 aromatic carbocycles. The van der Waals surface area contributed by atoms with Crippen LogP contribution in [0.5, 0.6) is 0 Å². The molecule has 5 aliphatic heterocycles. The number of allylic oxidation sites excluding steroid dienone is 2. The fourth-order valence-corrected chi connectivity index (χ4v) is 17.6. The van der Waals surface area contributed by atoms with Crippen LogP contribution in [0.1, 0.15) is 99.3 Å². The van der Waals surface area contributed by atoms with Crippen LogP contribution in [0.4, 0.5) is 0 Å². The molecule has 4 saturated carbocycles. The summed E-state index contributed by atoms with van der Waals surface area (Å²) in [6.07, 6.45) is -41.6. The van der Waals surface area contributed by atoms with Crippen LogP contribution in [0.15, 0.2) is 11.6 Å². The van der Waals surface area contributed by atoms with E-state index in [2.05, 4.69) is 26.8 Å². The maximum atomic E-state index is 15.7. The van der Waals surface area contributed by atoms with Crippen LogP contribution in [-0.2, 0) is 57.0 Å². The Morgan fingerprint density at radius 2 is 1.09 bits per heavy atom. The molecule has 5 heterocycles. The maximum absolute atomic E-state index is 15.7. The molecule has 0 radical (unpaired) electrons. The number of carboxylic acids is 1. The number of carbonyl (C=O) groups is 2. The van der Waals surface area contributed by atoms with E-state index >= 15 is 4.79 Å². The van der Waals surface area contributed by atoms with Gasteiger partial charge in [0.2, 0.25) is 6.29 Å². The number of carboxylic acid groups (broad SMARTS) is 1. The molecule has 0 aromatic heterocycles. The highest BCUT2D eigenvalue weighted by molar-refractivity contribution is 5.80. The molecule has 34 atom stereocenters. The molecule has 10 rings (SSSR count). The van der Waals surface area contributed by atoms with Gasteiger partial charge >= 0.3 is 11.9 Å². The SMILES string of the molecule is CC1(C)CC[C@]2(C(=O)O[C@@H]3O[C@H](CO[C@@H]4O[C@H](CO)[C@@H](O)[C@H](O)[C@H]4O[C@@H]4O[C@H](CO)[C@@H](O)[C@H](O)[C@H]4O)[C@@H](O)[C@H](O[C@@H]4O[C@H](CO)[C@@H](O)[C@H](O)[C@H]4O)[C@H]3O)[C@H](O)C[C@]3(C)C(=CC[C@@H]4[C@@]5(C)CC[C@H](O[C@@H]6OC[C@@H](O)[C@H](O)[C@H]6O)[C@@](C)(C(=O)O)[C@@H]5CC[C@]43C)[C@@H]2C1. The Hall–Kier alpha value is -2.36. The smallest absolute Gasteiger partial charge is 0.317 e. The highest BCUT2D eigenvalue weighted by Crippen LogP contribution is 2.76. The van der Waals surface area contributed by atoms with Gasteiger partial charge in [0.1, 0.15) is 121 Å². The predicted octanol–water partition coefficient (Wildman–Crippen LogP) is -5.54. The number of aliphatic hydroxyl groups is 17. The summed E-state index contributed by atoms with van der Waals surface area (Å²) >= 11 is 0. The van der Waals surface area contributed by atoms with Gasteiger partial charge in [-0.05, 0) is 104 Å². The van der Waals surface area contributed by atoms with Crippen molar-refractivity contribution < 1.29 is 149 Å². The Morgan fingerprint density at radius 1 is 0.539 bits per heavy atom. The summed E-state index contributed by atoms with van der Waals surface area (Å²) in [6, 6.07) is 0. The Kier molecular flexibility index (Phi) is 20.0. The second-order valence-electron chi connectivity index (χ2n) is 28.5. The van der Waals surface area contributed by atoms with Crippen LogP contribution in [0, 0.1) is 50.2 Å². The van der Waals surface area contributed by atoms with Gasteiger partial charge in [-0.3, -0.25) is 9.59 Å². The van der Waals surface area contributed by atoms with Crippen LogP contribution < -0.4 is 0 Å². The zero-order valence-electron chi connectivity index (χ0n) is 50.7. The van der Waals surface area contributed by atoms with Crippen molar-refractivity contribution in [3.05, 3.63) is 11.6 Å². The van der Waals surface area contributed by atoms with Crippen molar-refractivity contribution in [2.45, 2.75) is 259 Å². The molecule has 0 amide bonds. The van der Waals surface area contributed by atoms with Gasteiger partial charge in [-0.1, -0.05) is 46.3 Å². The third-order valence-corrected chi connectivity index (χ3v) is 23.3. The Labute approximate surface area is 513 Å². The first-order valence-corrected chi connectivity index (χ1v) is 31.0. The minimum absolute atomic E-state index is 0.0286. The zero-order chi connectivity index (χ0) is 65.2. The van der Waals surface area contributed by atoms with Crippen LogP contribution in [-0.4, -0.2) is 297 Å². The van der Waals surface area contributed by atoms with Gasteiger partial charge < -0.3 is 139 Å². The van der Waals surface area contributed by atoms with E-state index in [1.807, 2.05) is 13.8 Å². The molecule has 5 saturated heterocycles. The van der Waals surface area contributed by atoms with Crippen LogP contribution in [0.3, 0.4) is 0 Å². The Balaban J connectivity index is 0.944. The van der Waals surface area contributed by atoms with E-state index in [0.717, 1.165) is 5.57 Å². The minimum atomic E-state index is -2.20. The number of ether oxygens (including phenoxy) is 10. The molecular weight excluding hydrogens is 1190 g/mol. The van der Waals surface area contributed by atoms with Crippen molar-refractivity contribution in [1.29, 1.82) is 0 Å². The molecule has 0 spiro atoms. The number of hydrogen-bond acceptors (Lipinski definition) is 29. The second-order valence-corrected chi connectivity index (χ2v) is 28.5. The molecule has 30 nitrogen and oxygen atoms in total. The van der Waals surface area contributed by atoms with E-state index in [9.17, 15) is 96.7 Å². The van der Waals surface area contributed by atoms with Gasteiger partial charge in [0.25, 0.3) is 0 Å². The van der Waals surface area contributed by atoms with Crippen molar-refractivity contribution in [2.24, 2.45) is 50.2 Å². The summed E-state index contributed by atoms with van der Waals surface area (Å²) in [5.74, 6) is -3.48. The first-order chi connectivity index (χ1) is 41.7. The average molecular weight is 1280 g/mol. The molecule has 89 heavy (non-hydrogen) atoms. The molecule has 0 bridgehead atoms. The number of rotatable bonds is 15. The summed E-state index contributed by atoms with van der Waals surface area (Å²) in [5, 5.41) is 196. The van der Waals surface area contributed by atoms with Crippen molar-refractivity contribution in [2.75, 3.05) is 33.0 Å². The molecule has 0 aromatic rings. The van der Waals surface area contributed by atoms with Crippen LogP contribution >= 0.6 is 0 Å². The lowest BCUT2D eigenvalue weighted by Crippen LogP contribution is -2.69. The molecule has 510 valence electrons. The summed E-state index contributed by atoms with van der Waals surface area (Å²) in [5.41, 5.74) is -4.85. The van der Waals surface area contributed by atoms with Crippen molar-refractivity contribution in [3.63, 3.8) is 0 Å². The van der Waals surface area contributed by atoms with Gasteiger partial charge in [0.15, 0.2) is 25.2 Å². The minimum Gasteiger partial charge on any atom is -0.481 e. The lowest BCUT2D eigenvalue weighted by atomic mass is 9.33. The molecular formula is C59H94O30. The van der Waals surface area contributed by atoms with Crippen LogP contribution in [0.25, 0.3) is 0 Å². The Bertz CT molecular complexity index is 2530. The maximum Gasteiger partial charge on any atom is 0.317 e. The normalized spacial score (nSPS) is 54.1. The predicted molar refractivity (Wildman–Crippen MR) is 293 cm³/mol. The number of carbonyl (C=O) groups excluding carboxylic acids is 1. The molecule has 0 unspecified atom stereocenters. The van der Waals surface area contributed by atoms with E-state index in [1.165, 1.54) is 0 Å². The fraction of sp³-hybridized carbons (Fsp3) is 0.932. The van der Waals surface area contributed by atoms with E-state index in [4.69, 9.17) is 47.4 Å². The molecule has 30 heteroatoms. The first-order valence-electron chi connectivity index (χ1n) is 31.0. The first kappa shape index (κ1) is 69.5. The Morgan fingerprint density at radius 3 is 1.67 bits per heavy atom. The summed E-state index contributed by atoms with van der Waals surface area (Å²) in [7, 11) is 0. The van der Waals surface area contributed by atoms with Crippen LogP contribution in [0.2, 0.25) is 0 Å². The van der Waals surface area contributed by atoms with Gasteiger partial charge in [-0.15, -0.1) is 0 Å². The van der Waals surface area contributed by atoms with E-state index in [1.54, 1.807) is 6.92 Å². The summed E-state index contributed by atoms with van der Waals surface area (Å²) in [4.78, 5) is 29.4. The topological polar surface area (TPSA) is 491 Å². The highest BCUT2D eigenvalue weighted by atomic mass is 16.8. The van der Waals surface area contributed by atoms with Gasteiger partial charge in [-0.2, -0.15) is 0 Å². The average Bonchev–Trinajstić information content (AvgIpc) is 0.700. The summed E-state index contributed by atoms with van der Waals surface area (Å²) < 4.78 is 59.0. The number of esters is 1. The highest BCUT2D eigenvalue weighted by Gasteiger charge is 2.73. The molecule has 18 N–H and O–H groups in total.